The lowest BCUT2D eigenvalue weighted by Crippen LogP contribution is -2.05. The first kappa shape index (κ1) is 43.5. The molecule has 73 heavy (non-hydrogen) atoms. The normalized spacial score (nSPS) is 11.0. The number of aryl methyl sites for hydroxylation is 1. The fraction of sp³-hybridized carbons (Fsp3) is 0.0152. The fourth-order valence-corrected chi connectivity index (χ4v) is 10.3. The number of nitrogens with zero attached hydrogens (tertiary/aromatic N) is 7. The highest BCUT2D eigenvalue weighted by atomic mass is 15.1. The number of nitriles is 4. The van der Waals surface area contributed by atoms with Crippen LogP contribution in [0.5, 0.6) is 0 Å². The molecule has 0 aliphatic carbocycles. The SMILES string of the molecule is [C-]#[N+]c1ccc(-c2ccc3c(c2)c2cc(-c4ccc(C#N)cc4)ccc2n3-c2cc(C)c(-c3cccc(C#N)c3)cc2-n2c3ccc(-c4ccc(C#N)cc4)cc3c3cc(-c4ccc(C#N)cc4)ccc32)cc1. The van der Waals surface area contributed by atoms with Gasteiger partial charge in [-0.15, -0.1) is 0 Å². The maximum Gasteiger partial charge on any atom is 0.187 e. The van der Waals surface area contributed by atoms with E-state index in [0.717, 1.165) is 116 Å². The predicted molar refractivity (Wildman–Crippen MR) is 292 cm³/mol. The molecule has 0 N–H and O–H groups in total. The van der Waals surface area contributed by atoms with Gasteiger partial charge in [-0.3, -0.25) is 0 Å². The first-order valence-electron chi connectivity index (χ1n) is 23.6. The van der Waals surface area contributed by atoms with Crippen molar-refractivity contribution in [2.75, 3.05) is 0 Å². The first-order valence-corrected chi connectivity index (χ1v) is 23.6. The number of benzene rings is 10. The highest BCUT2D eigenvalue weighted by Gasteiger charge is 2.23. The Morgan fingerprint density at radius 1 is 0.342 bits per heavy atom. The highest BCUT2D eigenvalue weighted by Crippen LogP contribution is 2.44. The molecule has 10 aromatic carbocycles. The van der Waals surface area contributed by atoms with E-state index < -0.39 is 0 Å². The number of hydrogen-bond acceptors (Lipinski definition) is 4. The summed E-state index contributed by atoms with van der Waals surface area (Å²) in [6.07, 6.45) is 0. The van der Waals surface area contributed by atoms with E-state index in [-0.39, 0.29) is 0 Å². The molecule has 2 heterocycles. The summed E-state index contributed by atoms with van der Waals surface area (Å²) in [7, 11) is 0. The Kier molecular flexibility index (Phi) is 10.5. The maximum atomic E-state index is 10.1. The molecular weight excluding hydrogens is 891 g/mol. The van der Waals surface area contributed by atoms with Gasteiger partial charge in [0.25, 0.3) is 0 Å². The van der Waals surface area contributed by atoms with Crippen LogP contribution in [0.4, 0.5) is 5.69 Å². The van der Waals surface area contributed by atoms with Crippen molar-refractivity contribution < 1.29 is 0 Å². The van der Waals surface area contributed by atoms with Crippen LogP contribution in [0.25, 0.3) is 115 Å². The van der Waals surface area contributed by atoms with Crippen molar-refractivity contribution in [1.82, 2.24) is 9.13 Å². The summed E-state index contributed by atoms with van der Waals surface area (Å²) in [5.41, 5.74) is 19.8. The van der Waals surface area contributed by atoms with Gasteiger partial charge in [0.15, 0.2) is 5.69 Å². The Balaban J connectivity index is 1.17. The molecule has 0 amide bonds. The average Bonchev–Trinajstić information content (AvgIpc) is 3.96. The fourth-order valence-electron chi connectivity index (χ4n) is 10.3. The van der Waals surface area contributed by atoms with Crippen molar-refractivity contribution >= 4 is 49.3 Å². The summed E-state index contributed by atoms with van der Waals surface area (Å²) < 4.78 is 4.73. The summed E-state index contributed by atoms with van der Waals surface area (Å²) in [5, 5.41) is 43.1. The van der Waals surface area contributed by atoms with Crippen molar-refractivity contribution in [3.63, 3.8) is 0 Å². The smallest absolute Gasteiger partial charge is 0.187 e. The molecule has 12 rings (SSSR count). The molecule has 336 valence electrons. The van der Waals surface area contributed by atoms with Gasteiger partial charge in [0.05, 0.1) is 86.5 Å². The van der Waals surface area contributed by atoms with Crippen LogP contribution >= 0.6 is 0 Å². The monoisotopic (exact) mass is 927 g/mol. The number of aromatic nitrogens is 2. The zero-order chi connectivity index (χ0) is 49.7. The zero-order valence-corrected chi connectivity index (χ0v) is 39.3. The van der Waals surface area contributed by atoms with Crippen molar-refractivity contribution in [2.45, 2.75) is 6.92 Å². The van der Waals surface area contributed by atoms with Crippen LogP contribution in [0.15, 0.2) is 206 Å². The van der Waals surface area contributed by atoms with Crippen molar-refractivity contribution in [2.24, 2.45) is 0 Å². The molecule has 0 radical (unpaired) electrons. The summed E-state index contributed by atoms with van der Waals surface area (Å²) >= 11 is 0. The van der Waals surface area contributed by atoms with Crippen molar-refractivity contribution in [3.8, 4) is 91.3 Å². The molecule has 0 aliphatic rings. The van der Waals surface area contributed by atoms with Crippen LogP contribution in [-0.4, -0.2) is 9.13 Å². The molecule has 0 bridgehead atoms. The molecule has 2 aromatic heterocycles. The van der Waals surface area contributed by atoms with E-state index in [2.05, 4.69) is 136 Å². The van der Waals surface area contributed by atoms with E-state index in [9.17, 15) is 21.0 Å². The number of rotatable bonds is 7. The Hall–Kier alpha value is -10.8. The largest absolute Gasteiger partial charge is 0.307 e. The lowest BCUT2D eigenvalue weighted by Gasteiger charge is -2.20. The van der Waals surface area contributed by atoms with Gasteiger partial charge in [0, 0.05) is 21.5 Å². The Morgan fingerprint density at radius 3 is 1.04 bits per heavy atom. The molecule has 12 aromatic rings. The van der Waals surface area contributed by atoms with Crippen LogP contribution in [0.3, 0.4) is 0 Å². The molecule has 7 heteroatoms. The maximum absolute atomic E-state index is 10.1. The zero-order valence-electron chi connectivity index (χ0n) is 39.3. The van der Waals surface area contributed by atoms with E-state index in [1.165, 1.54) is 0 Å². The topological polar surface area (TPSA) is 109 Å². The Labute approximate surface area is 421 Å². The minimum Gasteiger partial charge on any atom is -0.307 e. The standard InChI is InChI=1S/C66H37N7/c1-41-30-65(72-61-26-20-50(46-12-6-42(37-67)7-13-46)32-57(61)58-35-53(23-27-62(58)72)49-18-24-55(71-2)25-19-49)66(36-56(41)54-5-3-4-45(31-54)40-70)73-63-28-21-51(47-14-8-43(38-68)9-15-47)33-59(63)60-34-52(22-29-64(60)73)48-16-10-44(39-69)11-17-48/h3-36H,1H3. The molecule has 0 aliphatic heterocycles. The summed E-state index contributed by atoms with van der Waals surface area (Å²) in [6.45, 7) is 9.69. The Bertz CT molecular complexity index is 4230. The van der Waals surface area contributed by atoms with Gasteiger partial charge in [-0.1, -0.05) is 97.1 Å². The molecular formula is C66H37N7. The quantitative estimate of drug-likeness (QED) is 0.148. The van der Waals surface area contributed by atoms with Gasteiger partial charge in [-0.2, -0.15) is 21.0 Å². The molecule has 0 saturated heterocycles. The van der Waals surface area contributed by atoms with Crippen LogP contribution in [0.2, 0.25) is 0 Å². The van der Waals surface area contributed by atoms with Gasteiger partial charge in [0.1, 0.15) is 0 Å². The van der Waals surface area contributed by atoms with E-state index in [1.54, 1.807) is 0 Å². The van der Waals surface area contributed by atoms with Gasteiger partial charge < -0.3 is 9.13 Å². The molecule has 0 fully saturated rings. The predicted octanol–water partition coefficient (Wildman–Crippen LogP) is 16.6. The van der Waals surface area contributed by atoms with Gasteiger partial charge in [-0.25, -0.2) is 4.85 Å². The third kappa shape index (κ3) is 7.51. The van der Waals surface area contributed by atoms with E-state index >= 15 is 0 Å². The second-order valence-corrected chi connectivity index (χ2v) is 18.2. The van der Waals surface area contributed by atoms with Gasteiger partial charge in [-0.05, 0) is 177 Å². The second kappa shape index (κ2) is 17.6. The number of fused-ring (bicyclic) bond motifs is 6. The van der Waals surface area contributed by atoms with E-state index in [1.807, 2.05) is 115 Å². The lowest BCUT2D eigenvalue weighted by atomic mass is 9.97. The van der Waals surface area contributed by atoms with E-state index in [0.29, 0.717) is 27.9 Å². The highest BCUT2D eigenvalue weighted by molar-refractivity contribution is 6.14. The minimum atomic E-state index is 0.574. The van der Waals surface area contributed by atoms with Crippen LogP contribution in [0, 0.1) is 58.8 Å². The first-order chi connectivity index (χ1) is 35.8. The number of hydrogen-bond donors (Lipinski definition) is 0. The van der Waals surface area contributed by atoms with Crippen LogP contribution < -0.4 is 0 Å². The molecule has 0 saturated carbocycles. The third-order valence-electron chi connectivity index (χ3n) is 14.0. The molecule has 0 atom stereocenters. The van der Waals surface area contributed by atoms with Crippen molar-refractivity contribution in [1.29, 1.82) is 21.0 Å². The third-order valence-corrected chi connectivity index (χ3v) is 14.0. The summed E-state index contributed by atoms with van der Waals surface area (Å²) in [5.74, 6) is 0. The van der Waals surface area contributed by atoms with Gasteiger partial charge >= 0.3 is 0 Å². The minimum absolute atomic E-state index is 0.574. The summed E-state index contributed by atoms with van der Waals surface area (Å²) in [4.78, 5) is 3.63. The second-order valence-electron chi connectivity index (χ2n) is 18.2. The van der Waals surface area contributed by atoms with Crippen molar-refractivity contribution in [3.05, 3.63) is 245 Å². The van der Waals surface area contributed by atoms with Crippen LogP contribution in [-0.2, 0) is 0 Å². The van der Waals surface area contributed by atoms with Gasteiger partial charge in [0.2, 0.25) is 0 Å². The Morgan fingerprint density at radius 2 is 0.685 bits per heavy atom. The molecule has 0 unspecified atom stereocenters. The van der Waals surface area contributed by atoms with E-state index in [4.69, 9.17) is 6.57 Å². The summed E-state index contributed by atoms with van der Waals surface area (Å²) in [6, 6.07) is 78.4. The van der Waals surface area contributed by atoms with Crippen LogP contribution in [0.1, 0.15) is 27.8 Å². The lowest BCUT2D eigenvalue weighted by molar-refractivity contribution is 1.09. The average molecular weight is 928 g/mol. The molecule has 0 spiro atoms. The molecule has 7 nitrogen and oxygen atoms in total.